The molecule has 2 aromatic rings. The number of benzene rings is 2. The summed E-state index contributed by atoms with van der Waals surface area (Å²) in [6, 6.07) is 16.6. The van der Waals surface area contributed by atoms with E-state index < -0.39 is 0 Å². The molecular weight excluding hydrogens is 395 g/mol. The molecule has 2 fully saturated rings. The predicted octanol–water partition coefficient (Wildman–Crippen LogP) is 2.84. The molecule has 0 radical (unpaired) electrons. The summed E-state index contributed by atoms with van der Waals surface area (Å²) in [6.07, 6.45) is 1.84. The Morgan fingerprint density at radius 3 is 2.23 bits per heavy atom. The van der Waals surface area contributed by atoms with Crippen LogP contribution in [-0.4, -0.2) is 65.4 Å². The van der Waals surface area contributed by atoms with Crippen molar-refractivity contribution in [3.8, 4) is 0 Å². The second-order valence-electron chi connectivity index (χ2n) is 8.36. The summed E-state index contributed by atoms with van der Waals surface area (Å²) in [5, 5.41) is 3.10. The average molecular weight is 425 g/mol. The van der Waals surface area contributed by atoms with Gasteiger partial charge in [0.1, 0.15) is 12.4 Å². The normalized spacial score (nSPS) is 17.9. The number of amides is 3. The third kappa shape index (κ3) is 5.82. The van der Waals surface area contributed by atoms with Gasteiger partial charge in [-0.15, -0.1) is 0 Å². The van der Waals surface area contributed by atoms with Gasteiger partial charge in [-0.2, -0.15) is 0 Å². The monoisotopic (exact) mass is 424 g/mol. The topological polar surface area (TPSA) is 55.9 Å². The van der Waals surface area contributed by atoms with Crippen LogP contribution in [-0.2, 0) is 17.9 Å². The summed E-state index contributed by atoms with van der Waals surface area (Å²) < 4.78 is 13.1. The van der Waals surface area contributed by atoms with Crippen LogP contribution in [0.3, 0.4) is 0 Å². The zero-order valence-electron chi connectivity index (χ0n) is 17.7. The molecule has 4 rings (SSSR count). The van der Waals surface area contributed by atoms with Crippen molar-refractivity contribution in [3.05, 3.63) is 71.5 Å². The van der Waals surface area contributed by atoms with Gasteiger partial charge in [0.05, 0.1) is 0 Å². The van der Waals surface area contributed by atoms with E-state index in [9.17, 15) is 14.0 Å². The first-order valence-electron chi connectivity index (χ1n) is 10.9. The molecule has 0 saturated carbocycles. The van der Waals surface area contributed by atoms with Gasteiger partial charge in [-0.1, -0.05) is 42.5 Å². The van der Waals surface area contributed by atoms with Gasteiger partial charge >= 0.3 is 6.03 Å². The second kappa shape index (κ2) is 9.92. The number of carbonyl (C=O) groups excluding carboxylic acids is 2. The summed E-state index contributed by atoms with van der Waals surface area (Å²) in [7, 11) is 0. The minimum absolute atomic E-state index is 0.0863. The summed E-state index contributed by atoms with van der Waals surface area (Å²) in [5.41, 5.74) is 2.19. The lowest BCUT2D eigenvalue weighted by molar-refractivity contribution is -0.122. The van der Waals surface area contributed by atoms with E-state index in [1.807, 2.05) is 6.07 Å². The number of halogens is 1. The SMILES string of the molecule is O=C(CN1CCN(Cc2ccc(F)cc2)C1=O)NC1CCN(Cc2ccccc2)CC1. The maximum Gasteiger partial charge on any atom is 0.320 e. The Bertz CT molecular complexity index is 882. The molecule has 6 nitrogen and oxygen atoms in total. The fourth-order valence-corrected chi connectivity index (χ4v) is 4.26. The summed E-state index contributed by atoms with van der Waals surface area (Å²) in [6.45, 7) is 4.46. The largest absolute Gasteiger partial charge is 0.352 e. The molecule has 164 valence electrons. The van der Waals surface area contributed by atoms with Crippen molar-refractivity contribution in [3.63, 3.8) is 0 Å². The van der Waals surface area contributed by atoms with Crippen molar-refractivity contribution in [2.75, 3.05) is 32.7 Å². The average Bonchev–Trinajstić information content (AvgIpc) is 3.11. The van der Waals surface area contributed by atoms with E-state index in [0.29, 0.717) is 19.6 Å². The van der Waals surface area contributed by atoms with Crippen LogP contribution in [0.1, 0.15) is 24.0 Å². The van der Waals surface area contributed by atoms with Crippen molar-refractivity contribution >= 4 is 11.9 Å². The van der Waals surface area contributed by atoms with Crippen LogP contribution in [0.25, 0.3) is 0 Å². The van der Waals surface area contributed by atoms with E-state index in [1.165, 1.54) is 17.7 Å². The van der Waals surface area contributed by atoms with Crippen LogP contribution < -0.4 is 5.32 Å². The van der Waals surface area contributed by atoms with Gasteiger partial charge in [-0.3, -0.25) is 9.69 Å². The van der Waals surface area contributed by atoms with Gasteiger partial charge in [0.25, 0.3) is 0 Å². The number of nitrogens with zero attached hydrogens (tertiary/aromatic N) is 3. The minimum atomic E-state index is -0.291. The summed E-state index contributed by atoms with van der Waals surface area (Å²) in [5.74, 6) is -0.390. The maximum atomic E-state index is 13.1. The smallest absolute Gasteiger partial charge is 0.320 e. The Morgan fingerprint density at radius 1 is 0.871 bits per heavy atom. The maximum absolute atomic E-state index is 13.1. The molecule has 1 N–H and O–H groups in total. The van der Waals surface area contributed by atoms with Crippen LogP contribution in [0.5, 0.6) is 0 Å². The third-order valence-corrected chi connectivity index (χ3v) is 6.00. The lowest BCUT2D eigenvalue weighted by Crippen LogP contribution is -2.47. The lowest BCUT2D eigenvalue weighted by Gasteiger charge is -2.32. The fourth-order valence-electron chi connectivity index (χ4n) is 4.26. The molecular formula is C24H29FN4O2. The Hall–Kier alpha value is -2.93. The van der Waals surface area contributed by atoms with E-state index in [2.05, 4.69) is 34.5 Å². The van der Waals surface area contributed by atoms with Crippen LogP contribution in [0.15, 0.2) is 54.6 Å². The van der Waals surface area contributed by atoms with E-state index in [0.717, 1.165) is 38.0 Å². The minimum Gasteiger partial charge on any atom is -0.352 e. The molecule has 7 heteroatoms. The van der Waals surface area contributed by atoms with Crippen LogP contribution >= 0.6 is 0 Å². The zero-order chi connectivity index (χ0) is 21.6. The highest BCUT2D eigenvalue weighted by molar-refractivity contribution is 5.85. The third-order valence-electron chi connectivity index (χ3n) is 6.00. The summed E-state index contributed by atoms with van der Waals surface area (Å²) >= 11 is 0. The standard InChI is InChI=1S/C24H29FN4O2/c25-21-8-6-20(7-9-21)17-28-14-15-29(24(28)31)18-23(30)26-22-10-12-27(13-11-22)16-19-4-2-1-3-5-19/h1-9,22H,10-18H2,(H,26,30). The number of carbonyl (C=O) groups is 2. The number of hydrogen-bond acceptors (Lipinski definition) is 3. The Labute approximate surface area is 182 Å². The molecule has 0 atom stereocenters. The molecule has 0 bridgehead atoms. The van der Waals surface area contributed by atoms with Gasteiger partial charge in [-0.05, 0) is 36.1 Å². The highest BCUT2D eigenvalue weighted by atomic mass is 19.1. The van der Waals surface area contributed by atoms with Crippen LogP contribution in [0.2, 0.25) is 0 Å². The van der Waals surface area contributed by atoms with Crippen LogP contribution in [0, 0.1) is 5.82 Å². The molecule has 2 aliphatic rings. The number of rotatable bonds is 7. The molecule has 2 aromatic carbocycles. The van der Waals surface area contributed by atoms with Crippen molar-refractivity contribution in [1.82, 2.24) is 20.0 Å². The molecule has 2 saturated heterocycles. The molecule has 0 aliphatic carbocycles. The molecule has 0 spiro atoms. The predicted molar refractivity (Wildman–Crippen MR) is 117 cm³/mol. The van der Waals surface area contributed by atoms with Gasteiger partial charge in [0, 0.05) is 45.3 Å². The molecule has 31 heavy (non-hydrogen) atoms. The first kappa shape index (κ1) is 21.3. The highest BCUT2D eigenvalue weighted by Crippen LogP contribution is 2.16. The first-order chi connectivity index (χ1) is 15.1. The number of piperidine rings is 1. The Balaban J connectivity index is 1.19. The molecule has 0 aromatic heterocycles. The van der Waals surface area contributed by atoms with E-state index in [1.54, 1.807) is 21.9 Å². The summed E-state index contributed by atoms with van der Waals surface area (Å²) in [4.78, 5) is 30.8. The van der Waals surface area contributed by atoms with Gasteiger partial charge in [-0.25, -0.2) is 9.18 Å². The number of likely N-dealkylation sites (tertiary alicyclic amines) is 1. The Morgan fingerprint density at radius 2 is 1.52 bits per heavy atom. The van der Waals surface area contributed by atoms with Gasteiger partial charge in [0.15, 0.2) is 0 Å². The van der Waals surface area contributed by atoms with E-state index in [-0.39, 0.29) is 30.3 Å². The fraction of sp³-hybridized carbons (Fsp3) is 0.417. The van der Waals surface area contributed by atoms with Crippen molar-refractivity contribution in [2.24, 2.45) is 0 Å². The van der Waals surface area contributed by atoms with Gasteiger partial charge in [0.2, 0.25) is 5.91 Å². The number of hydrogen-bond donors (Lipinski definition) is 1. The number of nitrogens with one attached hydrogen (secondary N) is 1. The first-order valence-corrected chi connectivity index (χ1v) is 10.9. The van der Waals surface area contributed by atoms with Crippen molar-refractivity contribution < 1.29 is 14.0 Å². The quantitative estimate of drug-likeness (QED) is 0.744. The molecule has 2 aliphatic heterocycles. The molecule has 3 amide bonds. The zero-order valence-corrected chi connectivity index (χ0v) is 17.7. The lowest BCUT2D eigenvalue weighted by atomic mass is 10.0. The second-order valence-corrected chi connectivity index (χ2v) is 8.36. The van der Waals surface area contributed by atoms with Crippen molar-refractivity contribution in [1.29, 1.82) is 0 Å². The van der Waals surface area contributed by atoms with E-state index >= 15 is 0 Å². The molecule has 2 heterocycles. The van der Waals surface area contributed by atoms with Crippen molar-refractivity contribution in [2.45, 2.75) is 32.0 Å². The number of urea groups is 1. The van der Waals surface area contributed by atoms with E-state index in [4.69, 9.17) is 0 Å². The Kier molecular flexibility index (Phi) is 6.82. The van der Waals surface area contributed by atoms with Gasteiger partial charge < -0.3 is 15.1 Å². The highest BCUT2D eigenvalue weighted by Gasteiger charge is 2.30. The molecule has 0 unspecified atom stereocenters. The van der Waals surface area contributed by atoms with Crippen LogP contribution in [0.4, 0.5) is 9.18 Å².